The lowest BCUT2D eigenvalue weighted by Gasteiger charge is -1.93. The maximum absolute atomic E-state index is 10.8. The lowest BCUT2D eigenvalue weighted by atomic mass is 10.1. The van der Waals surface area contributed by atoms with Crippen molar-refractivity contribution in [3.63, 3.8) is 0 Å². The van der Waals surface area contributed by atoms with Crippen LogP contribution in [0.3, 0.4) is 0 Å². The van der Waals surface area contributed by atoms with Gasteiger partial charge in [0.05, 0.1) is 0 Å². The van der Waals surface area contributed by atoms with Crippen LogP contribution in [0.1, 0.15) is 39.0 Å². The standard InChI is InChI=1S/C11H18O/c1-3-5-6-7-8-9-10-11(12)4-2/h4-6H,2-3,7-10H2,1H3. The minimum atomic E-state index is 0.162. The highest BCUT2D eigenvalue weighted by atomic mass is 16.1. The van der Waals surface area contributed by atoms with Gasteiger partial charge in [-0.2, -0.15) is 0 Å². The maximum Gasteiger partial charge on any atom is 0.155 e. The Morgan fingerprint density at radius 1 is 1.33 bits per heavy atom. The number of hydrogen-bond acceptors (Lipinski definition) is 1. The van der Waals surface area contributed by atoms with Gasteiger partial charge in [0.15, 0.2) is 5.78 Å². The van der Waals surface area contributed by atoms with Crippen molar-refractivity contribution >= 4 is 5.78 Å². The molecule has 0 aromatic heterocycles. The van der Waals surface area contributed by atoms with Crippen molar-refractivity contribution in [1.82, 2.24) is 0 Å². The summed E-state index contributed by atoms with van der Waals surface area (Å²) in [7, 11) is 0. The molecule has 0 rings (SSSR count). The minimum Gasteiger partial charge on any atom is -0.295 e. The molecule has 0 N–H and O–H groups in total. The monoisotopic (exact) mass is 166 g/mol. The highest BCUT2D eigenvalue weighted by Crippen LogP contribution is 2.01. The highest BCUT2D eigenvalue weighted by Gasteiger charge is 1.93. The van der Waals surface area contributed by atoms with Gasteiger partial charge in [-0.15, -0.1) is 0 Å². The summed E-state index contributed by atoms with van der Waals surface area (Å²) in [4.78, 5) is 10.8. The first-order chi connectivity index (χ1) is 5.81. The van der Waals surface area contributed by atoms with E-state index in [-0.39, 0.29) is 5.78 Å². The Kier molecular flexibility index (Phi) is 7.66. The van der Waals surface area contributed by atoms with E-state index in [2.05, 4.69) is 25.7 Å². The van der Waals surface area contributed by atoms with Crippen molar-refractivity contribution < 1.29 is 4.79 Å². The summed E-state index contributed by atoms with van der Waals surface area (Å²) in [6.07, 6.45) is 10.7. The number of carbonyl (C=O) groups is 1. The van der Waals surface area contributed by atoms with Crippen molar-refractivity contribution in [2.45, 2.75) is 39.0 Å². The molecule has 0 aliphatic carbocycles. The van der Waals surface area contributed by atoms with Crippen LogP contribution in [0.25, 0.3) is 0 Å². The zero-order valence-electron chi connectivity index (χ0n) is 7.88. The predicted molar refractivity (Wildman–Crippen MR) is 53.1 cm³/mol. The van der Waals surface area contributed by atoms with Gasteiger partial charge in [0.1, 0.15) is 0 Å². The van der Waals surface area contributed by atoms with Gasteiger partial charge in [0.2, 0.25) is 0 Å². The van der Waals surface area contributed by atoms with E-state index in [0.29, 0.717) is 6.42 Å². The number of carbonyl (C=O) groups excluding carboxylic acids is 1. The Morgan fingerprint density at radius 3 is 2.67 bits per heavy atom. The third kappa shape index (κ3) is 7.26. The van der Waals surface area contributed by atoms with E-state index in [4.69, 9.17) is 0 Å². The van der Waals surface area contributed by atoms with Gasteiger partial charge < -0.3 is 0 Å². The van der Waals surface area contributed by atoms with Crippen LogP contribution in [0.4, 0.5) is 0 Å². The molecule has 0 fully saturated rings. The molecule has 12 heavy (non-hydrogen) atoms. The second-order valence-electron chi connectivity index (χ2n) is 2.80. The van der Waals surface area contributed by atoms with Crippen molar-refractivity contribution in [3.05, 3.63) is 24.8 Å². The van der Waals surface area contributed by atoms with E-state index < -0.39 is 0 Å². The lowest BCUT2D eigenvalue weighted by molar-refractivity contribution is -0.114. The first kappa shape index (κ1) is 11.2. The third-order valence-corrected chi connectivity index (χ3v) is 1.67. The average molecular weight is 166 g/mol. The van der Waals surface area contributed by atoms with Crippen molar-refractivity contribution in [2.75, 3.05) is 0 Å². The quantitative estimate of drug-likeness (QED) is 0.322. The van der Waals surface area contributed by atoms with E-state index in [1.54, 1.807) is 0 Å². The maximum atomic E-state index is 10.8. The molecule has 0 spiro atoms. The molecule has 0 atom stereocenters. The van der Waals surface area contributed by atoms with Gasteiger partial charge in [-0.05, 0) is 31.8 Å². The van der Waals surface area contributed by atoms with Gasteiger partial charge in [-0.1, -0.05) is 25.7 Å². The van der Waals surface area contributed by atoms with Gasteiger partial charge in [-0.25, -0.2) is 0 Å². The van der Waals surface area contributed by atoms with E-state index in [1.165, 1.54) is 6.08 Å². The van der Waals surface area contributed by atoms with E-state index in [1.807, 2.05) is 0 Å². The van der Waals surface area contributed by atoms with Crippen molar-refractivity contribution in [3.8, 4) is 0 Å². The van der Waals surface area contributed by atoms with Gasteiger partial charge >= 0.3 is 0 Å². The molecular weight excluding hydrogens is 148 g/mol. The molecule has 0 saturated carbocycles. The Labute approximate surface area is 75.2 Å². The molecule has 68 valence electrons. The summed E-state index contributed by atoms with van der Waals surface area (Å²) in [5, 5.41) is 0. The molecule has 0 aliphatic rings. The zero-order chi connectivity index (χ0) is 9.23. The van der Waals surface area contributed by atoms with Gasteiger partial charge in [0.25, 0.3) is 0 Å². The number of hydrogen-bond donors (Lipinski definition) is 0. The van der Waals surface area contributed by atoms with Crippen LogP contribution in [0.5, 0.6) is 0 Å². The smallest absolute Gasteiger partial charge is 0.155 e. The van der Waals surface area contributed by atoms with Crippen LogP contribution < -0.4 is 0 Å². The summed E-state index contributed by atoms with van der Waals surface area (Å²) < 4.78 is 0. The minimum absolute atomic E-state index is 0.162. The molecule has 0 saturated heterocycles. The summed E-state index contributed by atoms with van der Waals surface area (Å²) in [5.41, 5.74) is 0. The topological polar surface area (TPSA) is 17.1 Å². The molecule has 0 aliphatic heterocycles. The first-order valence-corrected chi connectivity index (χ1v) is 4.61. The fourth-order valence-electron chi connectivity index (χ4n) is 0.948. The van der Waals surface area contributed by atoms with Crippen LogP contribution in [0, 0.1) is 0 Å². The molecule has 0 aromatic carbocycles. The molecule has 1 nitrogen and oxygen atoms in total. The molecule has 0 heterocycles. The van der Waals surface area contributed by atoms with E-state index in [9.17, 15) is 4.79 Å². The van der Waals surface area contributed by atoms with Gasteiger partial charge in [-0.3, -0.25) is 4.79 Å². The highest BCUT2D eigenvalue weighted by molar-refractivity contribution is 5.88. The van der Waals surface area contributed by atoms with Crippen LogP contribution in [0.2, 0.25) is 0 Å². The number of ketones is 1. The molecule has 0 amide bonds. The molecule has 0 bridgehead atoms. The van der Waals surface area contributed by atoms with Crippen LogP contribution in [-0.4, -0.2) is 5.78 Å². The fourth-order valence-corrected chi connectivity index (χ4v) is 0.948. The number of unbranched alkanes of at least 4 members (excludes halogenated alkanes) is 2. The predicted octanol–water partition coefficient (Wildman–Crippen LogP) is 3.27. The zero-order valence-corrected chi connectivity index (χ0v) is 7.88. The van der Waals surface area contributed by atoms with Crippen LogP contribution >= 0.6 is 0 Å². The van der Waals surface area contributed by atoms with Crippen LogP contribution in [0.15, 0.2) is 24.8 Å². The molecule has 0 radical (unpaired) electrons. The van der Waals surface area contributed by atoms with Gasteiger partial charge in [0, 0.05) is 6.42 Å². The van der Waals surface area contributed by atoms with Crippen molar-refractivity contribution in [2.24, 2.45) is 0 Å². The summed E-state index contributed by atoms with van der Waals surface area (Å²) in [5.74, 6) is 0.162. The average Bonchev–Trinajstić information content (AvgIpc) is 2.10. The summed E-state index contributed by atoms with van der Waals surface area (Å²) in [6, 6.07) is 0. The number of rotatable bonds is 7. The normalized spacial score (nSPS) is 10.4. The summed E-state index contributed by atoms with van der Waals surface area (Å²) in [6.45, 7) is 5.55. The third-order valence-electron chi connectivity index (χ3n) is 1.67. The second-order valence-corrected chi connectivity index (χ2v) is 2.80. The Morgan fingerprint density at radius 2 is 2.08 bits per heavy atom. The molecule has 0 aromatic rings. The first-order valence-electron chi connectivity index (χ1n) is 4.61. The van der Waals surface area contributed by atoms with Crippen LogP contribution in [-0.2, 0) is 4.79 Å². The molecular formula is C11H18O. The van der Waals surface area contributed by atoms with E-state index in [0.717, 1.165) is 25.7 Å². The number of allylic oxidation sites excluding steroid dienone is 3. The largest absolute Gasteiger partial charge is 0.295 e. The van der Waals surface area contributed by atoms with Crippen molar-refractivity contribution in [1.29, 1.82) is 0 Å². The Balaban J connectivity index is 3.16. The lowest BCUT2D eigenvalue weighted by Crippen LogP contribution is -1.90. The fraction of sp³-hybridized carbons (Fsp3) is 0.545. The summed E-state index contributed by atoms with van der Waals surface area (Å²) >= 11 is 0. The Hall–Kier alpha value is -0.850. The van der Waals surface area contributed by atoms with E-state index >= 15 is 0 Å². The second kappa shape index (κ2) is 8.25. The molecule has 1 heteroatoms. The Bertz CT molecular complexity index is 156. The SMILES string of the molecule is C=CC(=O)CCCCC=CCC. The molecule has 0 unspecified atom stereocenters.